The van der Waals surface area contributed by atoms with Crippen LogP contribution < -0.4 is 14.8 Å². The Labute approximate surface area is 174 Å². The lowest BCUT2D eigenvalue weighted by Crippen LogP contribution is -2.18. The molecule has 1 heterocycles. The summed E-state index contributed by atoms with van der Waals surface area (Å²) in [5.74, 6) is 1.52. The molecule has 0 unspecified atom stereocenters. The number of hydrogen-bond acceptors (Lipinski definition) is 6. The first kappa shape index (κ1) is 20.9. The summed E-state index contributed by atoms with van der Waals surface area (Å²) in [7, 11) is 3.36. The summed E-state index contributed by atoms with van der Waals surface area (Å²) in [6.45, 7) is 2.27. The van der Waals surface area contributed by atoms with Gasteiger partial charge >= 0.3 is 0 Å². The first-order valence-corrected chi connectivity index (χ1v) is 9.26. The summed E-state index contributed by atoms with van der Waals surface area (Å²) in [4.78, 5) is 12.7. The molecule has 1 N–H and O–H groups in total. The van der Waals surface area contributed by atoms with Gasteiger partial charge in [0, 0.05) is 38.1 Å². The summed E-state index contributed by atoms with van der Waals surface area (Å²) >= 11 is 0. The van der Waals surface area contributed by atoms with E-state index >= 15 is 0 Å². The molecule has 2 aromatic carbocycles. The molecule has 0 radical (unpaired) electrons. The molecule has 8 nitrogen and oxygen atoms in total. The Kier molecular flexibility index (Phi) is 6.67. The lowest BCUT2D eigenvalue weighted by Gasteiger charge is -2.16. The summed E-state index contributed by atoms with van der Waals surface area (Å²) in [5, 5.41) is 15.8. The van der Waals surface area contributed by atoms with Gasteiger partial charge in [0.15, 0.2) is 5.82 Å². The second kappa shape index (κ2) is 9.58. The molecule has 0 aliphatic carbocycles. The van der Waals surface area contributed by atoms with Crippen LogP contribution in [0, 0.1) is 11.3 Å². The predicted molar refractivity (Wildman–Crippen MR) is 111 cm³/mol. The highest BCUT2D eigenvalue weighted by molar-refractivity contribution is 6.04. The van der Waals surface area contributed by atoms with Crippen LogP contribution in [0.1, 0.15) is 22.8 Å². The van der Waals surface area contributed by atoms with Crippen LogP contribution in [0.4, 0.5) is 5.82 Å². The number of anilines is 1. The lowest BCUT2D eigenvalue weighted by molar-refractivity contribution is 0.0915. The van der Waals surface area contributed by atoms with E-state index in [1.165, 1.54) is 0 Å². The normalized spacial score (nSPS) is 11.4. The Balaban J connectivity index is 1.86. The molecule has 0 saturated carbocycles. The molecule has 0 aliphatic heterocycles. The first-order chi connectivity index (χ1) is 14.5. The van der Waals surface area contributed by atoms with Gasteiger partial charge in [0.1, 0.15) is 23.4 Å². The van der Waals surface area contributed by atoms with Gasteiger partial charge in [0.05, 0.1) is 18.2 Å². The summed E-state index contributed by atoms with van der Waals surface area (Å²) in [6.07, 6.45) is 1.52. The van der Waals surface area contributed by atoms with Gasteiger partial charge in [-0.25, -0.2) is 0 Å². The third-order valence-electron chi connectivity index (χ3n) is 4.06. The number of rotatable bonds is 8. The number of nitrogens with zero attached hydrogens (tertiary/aromatic N) is 3. The minimum Gasteiger partial charge on any atom is -0.488 e. The fourth-order valence-electron chi connectivity index (χ4n) is 2.73. The number of hydrogen-bond donors (Lipinski definition) is 1. The van der Waals surface area contributed by atoms with Crippen LogP contribution in [0.2, 0.25) is 0 Å². The van der Waals surface area contributed by atoms with Gasteiger partial charge in [0.25, 0.3) is 5.91 Å². The number of amides is 1. The second-order valence-corrected chi connectivity index (χ2v) is 6.64. The van der Waals surface area contributed by atoms with E-state index in [4.69, 9.17) is 19.5 Å². The largest absolute Gasteiger partial charge is 0.488 e. The van der Waals surface area contributed by atoms with Gasteiger partial charge in [-0.3, -0.25) is 9.48 Å². The molecular weight excluding hydrogens is 384 g/mol. The average molecular weight is 406 g/mol. The van der Waals surface area contributed by atoms with Crippen molar-refractivity contribution < 1.29 is 19.0 Å². The second-order valence-electron chi connectivity index (χ2n) is 6.64. The van der Waals surface area contributed by atoms with Crippen molar-refractivity contribution in [2.24, 2.45) is 7.05 Å². The molecule has 0 bridgehead atoms. The van der Waals surface area contributed by atoms with Crippen LogP contribution in [-0.2, 0) is 11.8 Å². The number of benzene rings is 2. The molecule has 1 atom stereocenters. The van der Waals surface area contributed by atoms with Crippen molar-refractivity contribution in [2.45, 2.75) is 13.0 Å². The number of nitriles is 1. The van der Waals surface area contributed by atoms with Gasteiger partial charge in [-0.1, -0.05) is 0 Å². The topological polar surface area (TPSA) is 98.4 Å². The quantitative estimate of drug-likeness (QED) is 0.612. The Morgan fingerprint density at radius 2 is 1.90 bits per heavy atom. The number of carbonyl (C=O) groups is 1. The van der Waals surface area contributed by atoms with E-state index < -0.39 is 0 Å². The van der Waals surface area contributed by atoms with Crippen molar-refractivity contribution in [1.29, 1.82) is 5.26 Å². The summed E-state index contributed by atoms with van der Waals surface area (Å²) < 4.78 is 18.5. The third-order valence-corrected chi connectivity index (χ3v) is 4.06. The van der Waals surface area contributed by atoms with Gasteiger partial charge in [-0.15, -0.1) is 0 Å². The van der Waals surface area contributed by atoms with Crippen LogP contribution in [-0.4, -0.2) is 35.5 Å². The molecule has 1 amide bonds. The third kappa shape index (κ3) is 5.59. The number of ether oxygens (including phenoxy) is 3. The maximum atomic E-state index is 12.7. The lowest BCUT2D eigenvalue weighted by atomic mass is 10.1. The molecule has 1 aromatic heterocycles. The zero-order valence-electron chi connectivity index (χ0n) is 17.0. The average Bonchev–Trinajstić information content (AvgIpc) is 3.13. The Bertz CT molecular complexity index is 1050. The van der Waals surface area contributed by atoms with Crippen molar-refractivity contribution in [3.8, 4) is 23.3 Å². The molecule has 0 aliphatic rings. The SMILES string of the molecule is COC[C@H](C)Oc1cc(Oc2ccc(C#N)cc2)cc(C(=O)Nc2ccn(C)n2)c1. The van der Waals surface area contributed by atoms with Crippen molar-refractivity contribution in [1.82, 2.24) is 9.78 Å². The highest BCUT2D eigenvalue weighted by Gasteiger charge is 2.14. The van der Waals surface area contributed by atoms with Crippen LogP contribution in [0.5, 0.6) is 17.2 Å². The molecule has 8 heteroatoms. The van der Waals surface area contributed by atoms with Gasteiger partial charge < -0.3 is 19.5 Å². The van der Waals surface area contributed by atoms with Crippen molar-refractivity contribution >= 4 is 11.7 Å². The highest BCUT2D eigenvalue weighted by Crippen LogP contribution is 2.29. The van der Waals surface area contributed by atoms with Crippen molar-refractivity contribution in [3.05, 3.63) is 65.9 Å². The van der Waals surface area contributed by atoms with E-state index in [2.05, 4.69) is 16.5 Å². The minimum absolute atomic E-state index is 0.216. The highest BCUT2D eigenvalue weighted by atomic mass is 16.5. The van der Waals surface area contributed by atoms with Crippen molar-refractivity contribution in [2.75, 3.05) is 19.0 Å². The molecular formula is C22H22N4O4. The van der Waals surface area contributed by atoms with Crippen LogP contribution in [0.3, 0.4) is 0 Å². The van der Waals surface area contributed by atoms with E-state index in [-0.39, 0.29) is 12.0 Å². The molecule has 3 rings (SSSR count). The molecule has 0 fully saturated rings. The summed E-state index contributed by atoms with van der Waals surface area (Å²) in [5.41, 5.74) is 0.884. The predicted octanol–water partition coefficient (Wildman–Crippen LogP) is 3.75. The fourth-order valence-corrected chi connectivity index (χ4v) is 2.73. The number of methoxy groups -OCH3 is 1. The van der Waals surface area contributed by atoms with Crippen LogP contribution in [0.25, 0.3) is 0 Å². The molecule has 30 heavy (non-hydrogen) atoms. The standard InChI is InChI=1S/C22H22N4O4/c1-15(14-28-3)29-19-10-17(22(27)24-21-8-9-26(2)25-21)11-20(12-19)30-18-6-4-16(13-23)5-7-18/h4-12,15H,14H2,1-3H3,(H,24,25,27)/t15-/m0/s1. The Morgan fingerprint density at radius 1 is 1.17 bits per heavy atom. The smallest absolute Gasteiger partial charge is 0.257 e. The number of aromatic nitrogens is 2. The van der Waals surface area contributed by atoms with Gasteiger partial charge in [0.2, 0.25) is 0 Å². The van der Waals surface area contributed by atoms with Crippen molar-refractivity contribution in [3.63, 3.8) is 0 Å². The molecule has 3 aromatic rings. The molecule has 0 spiro atoms. The Morgan fingerprint density at radius 3 is 2.53 bits per heavy atom. The van der Waals surface area contributed by atoms with Gasteiger partial charge in [-0.2, -0.15) is 10.4 Å². The number of carbonyl (C=O) groups excluding carboxylic acids is 1. The van der Waals surface area contributed by atoms with E-state index in [0.29, 0.717) is 40.8 Å². The molecule has 0 saturated heterocycles. The maximum absolute atomic E-state index is 12.7. The van der Waals surface area contributed by atoms with Gasteiger partial charge in [-0.05, 0) is 43.3 Å². The van der Waals surface area contributed by atoms with Crippen LogP contribution in [0.15, 0.2) is 54.7 Å². The minimum atomic E-state index is -0.344. The molecule has 154 valence electrons. The van der Waals surface area contributed by atoms with E-state index in [0.717, 1.165) is 0 Å². The zero-order valence-corrected chi connectivity index (χ0v) is 17.0. The zero-order chi connectivity index (χ0) is 21.5. The van der Waals surface area contributed by atoms with E-state index in [9.17, 15) is 4.79 Å². The van der Waals surface area contributed by atoms with E-state index in [1.807, 2.05) is 6.92 Å². The number of nitrogens with one attached hydrogen (secondary N) is 1. The maximum Gasteiger partial charge on any atom is 0.257 e. The number of aryl methyl sites for hydroxylation is 1. The van der Waals surface area contributed by atoms with E-state index in [1.54, 1.807) is 73.6 Å². The monoisotopic (exact) mass is 406 g/mol. The Hall–Kier alpha value is -3.83. The fraction of sp³-hybridized carbons (Fsp3) is 0.227. The first-order valence-electron chi connectivity index (χ1n) is 9.26. The van der Waals surface area contributed by atoms with Crippen LogP contribution >= 0.6 is 0 Å². The summed E-state index contributed by atoms with van der Waals surface area (Å²) in [6, 6.07) is 15.4.